The number of carboxylic acid groups (broad SMARTS) is 1. The Morgan fingerprint density at radius 3 is 2.69 bits per heavy atom. The van der Waals surface area contributed by atoms with Crippen LogP contribution in [0.15, 0.2) is 48.5 Å². The van der Waals surface area contributed by atoms with Crippen molar-refractivity contribution in [3.63, 3.8) is 0 Å². The monoisotopic (exact) mass is 352 g/mol. The van der Waals surface area contributed by atoms with Crippen LogP contribution < -0.4 is 10.1 Å². The molecule has 0 saturated heterocycles. The van der Waals surface area contributed by atoms with Gasteiger partial charge in [-0.15, -0.1) is 0 Å². The predicted octanol–water partition coefficient (Wildman–Crippen LogP) is 2.43. The minimum absolute atomic E-state index is 0.00527. The number of rotatable bonds is 8. The van der Waals surface area contributed by atoms with E-state index in [2.05, 4.69) is 5.32 Å². The standard InChI is InChI=1S/C20H20N2O4/c1-26-18-8-3-2-6-15(18)12-17(20(24)25)13-22-19(23)16-7-4-5-14(11-16)9-10-21/h2-8,11,17H,9,12-13H2,1H3,(H,22,23)(H,24,25). The quantitative estimate of drug-likeness (QED) is 0.760. The lowest BCUT2D eigenvalue weighted by atomic mass is 9.98. The van der Waals surface area contributed by atoms with Gasteiger partial charge in [-0.3, -0.25) is 9.59 Å². The molecule has 0 aliphatic rings. The second kappa shape index (κ2) is 9.23. The van der Waals surface area contributed by atoms with E-state index in [0.29, 0.717) is 11.3 Å². The summed E-state index contributed by atoms with van der Waals surface area (Å²) in [6, 6.07) is 16.0. The lowest BCUT2D eigenvalue weighted by Gasteiger charge is -2.15. The Balaban J connectivity index is 2.04. The molecule has 2 aromatic rings. The van der Waals surface area contributed by atoms with E-state index >= 15 is 0 Å². The number of nitrogens with zero attached hydrogens (tertiary/aromatic N) is 1. The minimum Gasteiger partial charge on any atom is -0.496 e. The van der Waals surface area contributed by atoms with Gasteiger partial charge in [0.2, 0.25) is 0 Å². The Morgan fingerprint density at radius 1 is 1.23 bits per heavy atom. The first-order valence-corrected chi connectivity index (χ1v) is 8.14. The van der Waals surface area contributed by atoms with E-state index in [1.54, 1.807) is 30.3 Å². The Hall–Kier alpha value is -3.33. The number of benzene rings is 2. The zero-order valence-electron chi connectivity index (χ0n) is 14.4. The zero-order chi connectivity index (χ0) is 18.9. The maximum Gasteiger partial charge on any atom is 0.308 e. The number of hydrogen-bond donors (Lipinski definition) is 2. The second-order valence-corrected chi connectivity index (χ2v) is 5.80. The van der Waals surface area contributed by atoms with Gasteiger partial charge >= 0.3 is 5.97 Å². The number of carbonyl (C=O) groups is 2. The minimum atomic E-state index is -0.991. The average Bonchev–Trinajstić information content (AvgIpc) is 2.65. The summed E-state index contributed by atoms with van der Waals surface area (Å²) in [6.07, 6.45) is 0.459. The van der Waals surface area contributed by atoms with Crippen molar-refractivity contribution in [2.75, 3.05) is 13.7 Å². The summed E-state index contributed by atoms with van der Waals surface area (Å²) in [6.45, 7) is -0.00527. The molecule has 0 spiro atoms. The fraction of sp³-hybridized carbons (Fsp3) is 0.250. The highest BCUT2D eigenvalue weighted by Crippen LogP contribution is 2.21. The van der Waals surface area contributed by atoms with E-state index in [0.717, 1.165) is 11.1 Å². The third-order valence-corrected chi connectivity index (χ3v) is 3.99. The van der Waals surface area contributed by atoms with Crippen molar-refractivity contribution < 1.29 is 19.4 Å². The number of carboxylic acids is 1. The smallest absolute Gasteiger partial charge is 0.308 e. The number of methoxy groups -OCH3 is 1. The summed E-state index contributed by atoms with van der Waals surface area (Å²) in [5.41, 5.74) is 1.91. The summed E-state index contributed by atoms with van der Waals surface area (Å²) in [5, 5.41) is 20.9. The third-order valence-electron chi connectivity index (χ3n) is 3.99. The van der Waals surface area contributed by atoms with Gasteiger partial charge in [0, 0.05) is 12.1 Å². The van der Waals surface area contributed by atoms with Crippen molar-refractivity contribution in [2.45, 2.75) is 12.8 Å². The van der Waals surface area contributed by atoms with Crippen molar-refractivity contribution in [3.8, 4) is 11.8 Å². The lowest BCUT2D eigenvalue weighted by molar-refractivity contribution is -0.141. The van der Waals surface area contributed by atoms with Crippen LogP contribution in [0.2, 0.25) is 0 Å². The van der Waals surface area contributed by atoms with Gasteiger partial charge in [0.05, 0.1) is 25.5 Å². The van der Waals surface area contributed by atoms with Gasteiger partial charge in [-0.2, -0.15) is 5.26 Å². The molecule has 1 atom stereocenters. The molecule has 2 aromatic carbocycles. The molecule has 1 amide bonds. The first kappa shape index (κ1) is 19.0. The van der Waals surface area contributed by atoms with Crippen LogP contribution in [-0.4, -0.2) is 30.6 Å². The van der Waals surface area contributed by atoms with Crippen LogP contribution in [0.25, 0.3) is 0 Å². The maximum atomic E-state index is 12.3. The van der Waals surface area contributed by atoms with E-state index in [9.17, 15) is 14.7 Å². The molecule has 0 radical (unpaired) electrons. The summed E-state index contributed by atoms with van der Waals surface area (Å²) in [4.78, 5) is 23.9. The van der Waals surface area contributed by atoms with Crippen molar-refractivity contribution >= 4 is 11.9 Å². The van der Waals surface area contributed by atoms with Crippen LogP contribution >= 0.6 is 0 Å². The van der Waals surface area contributed by atoms with Crippen LogP contribution in [-0.2, 0) is 17.6 Å². The third kappa shape index (κ3) is 5.08. The Kier molecular flexibility index (Phi) is 6.75. The first-order valence-electron chi connectivity index (χ1n) is 8.14. The number of aliphatic carboxylic acids is 1. The van der Waals surface area contributed by atoms with Crippen molar-refractivity contribution in [1.29, 1.82) is 5.26 Å². The van der Waals surface area contributed by atoms with E-state index in [4.69, 9.17) is 10.00 Å². The molecule has 0 fully saturated rings. The van der Waals surface area contributed by atoms with Gasteiger partial charge in [0.25, 0.3) is 5.91 Å². The molecular formula is C20H20N2O4. The number of para-hydroxylation sites is 1. The molecule has 6 heteroatoms. The van der Waals surface area contributed by atoms with E-state index in [-0.39, 0.29) is 25.3 Å². The molecule has 0 aromatic heterocycles. The maximum absolute atomic E-state index is 12.3. The molecular weight excluding hydrogens is 332 g/mol. The van der Waals surface area contributed by atoms with E-state index < -0.39 is 11.9 Å². The number of amides is 1. The first-order chi connectivity index (χ1) is 12.5. The molecule has 0 aliphatic heterocycles. The van der Waals surface area contributed by atoms with Crippen LogP contribution in [0.5, 0.6) is 5.75 Å². The fourth-order valence-electron chi connectivity index (χ4n) is 2.62. The highest BCUT2D eigenvalue weighted by Gasteiger charge is 2.21. The van der Waals surface area contributed by atoms with Crippen LogP contribution in [0, 0.1) is 17.2 Å². The molecule has 2 N–H and O–H groups in total. The average molecular weight is 352 g/mol. The number of carbonyl (C=O) groups excluding carboxylic acids is 1. The summed E-state index contributed by atoms with van der Waals surface area (Å²) in [7, 11) is 1.53. The van der Waals surface area contributed by atoms with Crippen molar-refractivity contribution in [2.24, 2.45) is 5.92 Å². The van der Waals surface area contributed by atoms with Gasteiger partial charge in [0.1, 0.15) is 5.75 Å². The van der Waals surface area contributed by atoms with Gasteiger partial charge in [-0.25, -0.2) is 0 Å². The summed E-state index contributed by atoms with van der Waals surface area (Å²) < 4.78 is 5.25. The molecule has 0 bridgehead atoms. The molecule has 1 unspecified atom stereocenters. The molecule has 0 saturated carbocycles. The molecule has 0 aliphatic carbocycles. The Morgan fingerprint density at radius 2 is 2.00 bits per heavy atom. The lowest BCUT2D eigenvalue weighted by Crippen LogP contribution is -2.34. The SMILES string of the molecule is COc1ccccc1CC(CNC(=O)c1cccc(CC#N)c1)C(=O)O. The van der Waals surface area contributed by atoms with Gasteiger partial charge in [-0.1, -0.05) is 30.3 Å². The molecule has 0 heterocycles. The van der Waals surface area contributed by atoms with Crippen LogP contribution in [0.1, 0.15) is 21.5 Å². The van der Waals surface area contributed by atoms with Crippen LogP contribution in [0.3, 0.4) is 0 Å². The summed E-state index contributed by atoms with van der Waals surface area (Å²) >= 11 is 0. The number of hydrogen-bond acceptors (Lipinski definition) is 4. The van der Waals surface area contributed by atoms with Crippen molar-refractivity contribution in [3.05, 3.63) is 65.2 Å². The zero-order valence-corrected chi connectivity index (χ0v) is 14.4. The fourth-order valence-corrected chi connectivity index (χ4v) is 2.62. The van der Waals surface area contributed by atoms with E-state index in [1.807, 2.05) is 24.3 Å². The van der Waals surface area contributed by atoms with Crippen molar-refractivity contribution in [1.82, 2.24) is 5.32 Å². The molecule has 26 heavy (non-hydrogen) atoms. The van der Waals surface area contributed by atoms with Crippen LogP contribution in [0.4, 0.5) is 0 Å². The van der Waals surface area contributed by atoms with Gasteiger partial charge in [0.15, 0.2) is 0 Å². The molecule has 6 nitrogen and oxygen atoms in total. The normalized spacial score (nSPS) is 11.2. The molecule has 134 valence electrons. The Bertz CT molecular complexity index is 827. The number of nitriles is 1. The highest BCUT2D eigenvalue weighted by atomic mass is 16.5. The molecule has 2 rings (SSSR count). The van der Waals surface area contributed by atoms with Gasteiger partial charge < -0.3 is 15.2 Å². The summed E-state index contributed by atoms with van der Waals surface area (Å²) in [5.74, 6) is -1.52. The predicted molar refractivity (Wildman–Crippen MR) is 95.9 cm³/mol. The van der Waals surface area contributed by atoms with E-state index in [1.165, 1.54) is 7.11 Å². The second-order valence-electron chi connectivity index (χ2n) is 5.80. The highest BCUT2D eigenvalue weighted by molar-refractivity contribution is 5.94. The largest absolute Gasteiger partial charge is 0.496 e. The number of ether oxygens (including phenoxy) is 1. The Labute approximate surface area is 152 Å². The van der Waals surface area contributed by atoms with Gasteiger partial charge in [-0.05, 0) is 35.7 Å². The topological polar surface area (TPSA) is 99.4 Å². The number of nitrogens with one attached hydrogen (secondary N) is 1.